The van der Waals surface area contributed by atoms with Crippen molar-refractivity contribution in [3.63, 3.8) is 0 Å². The predicted molar refractivity (Wildman–Crippen MR) is 78.7 cm³/mol. The van der Waals surface area contributed by atoms with Gasteiger partial charge in [0.2, 0.25) is 0 Å². The zero-order valence-electron chi connectivity index (χ0n) is 11.7. The molecule has 1 saturated heterocycles. The van der Waals surface area contributed by atoms with Crippen LogP contribution < -0.4 is 4.90 Å². The van der Waals surface area contributed by atoms with Gasteiger partial charge in [-0.05, 0) is 19.9 Å². The lowest BCUT2D eigenvalue weighted by molar-refractivity contribution is -0.00514. The molecular formula is C16H17N3O. The van der Waals surface area contributed by atoms with Crippen LogP contribution in [0.1, 0.15) is 19.4 Å². The first kappa shape index (κ1) is 12.9. The van der Waals surface area contributed by atoms with Gasteiger partial charge in [-0.1, -0.05) is 18.2 Å². The molecule has 4 heteroatoms. The van der Waals surface area contributed by atoms with Gasteiger partial charge in [0, 0.05) is 24.7 Å². The number of hydrogen-bond donors (Lipinski definition) is 0. The van der Waals surface area contributed by atoms with Crippen molar-refractivity contribution in [1.82, 2.24) is 4.98 Å². The lowest BCUT2D eigenvalue weighted by Crippen LogP contribution is -2.45. The van der Waals surface area contributed by atoms with Crippen LogP contribution in [0.3, 0.4) is 0 Å². The van der Waals surface area contributed by atoms with Crippen LogP contribution in [-0.2, 0) is 4.74 Å². The molecule has 102 valence electrons. The second kappa shape index (κ2) is 5.10. The van der Waals surface area contributed by atoms with E-state index in [0.717, 1.165) is 29.7 Å². The van der Waals surface area contributed by atoms with Gasteiger partial charge in [0.25, 0.3) is 0 Å². The first-order chi connectivity index (χ1) is 9.69. The summed E-state index contributed by atoms with van der Waals surface area (Å²) in [7, 11) is 0. The fraction of sp³-hybridized carbons (Fsp3) is 0.375. The zero-order valence-corrected chi connectivity index (χ0v) is 11.7. The lowest BCUT2D eigenvalue weighted by Gasteiger charge is -2.37. The van der Waals surface area contributed by atoms with E-state index in [-0.39, 0.29) is 12.2 Å². The average molecular weight is 267 g/mol. The van der Waals surface area contributed by atoms with Crippen molar-refractivity contribution in [2.24, 2.45) is 0 Å². The molecule has 1 aromatic carbocycles. The van der Waals surface area contributed by atoms with Crippen molar-refractivity contribution in [1.29, 1.82) is 5.26 Å². The summed E-state index contributed by atoms with van der Waals surface area (Å²) in [6.45, 7) is 5.73. The standard InChI is InChI=1S/C16H17N3O/c1-11-9-19(10-12(2)20-11)16-13(7-17)8-18-15-6-4-3-5-14(15)16/h3-6,8,11-12H,9-10H2,1-2H3/t11-,12+. The molecule has 0 amide bonds. The number of para-hydroxylation sites is 1. The first-order valence-electron chi connectivity index (χ1n) is 6.87. The molecule has 3 rings (SSSR count). The highest BCUT2D eigenvalue weighted by molar-refractivity contribution is 5.94. The number of hydrogen-bond acceptors (Lipinski definition) is 4. The normalized spacial score (nSPS) is 22.8. The maximum Gasteiger partial charge on any atom is 0.103 e. The van der Waals surface area contributed by atoms with Gasteiger partial charge in [-0.3, -0.25) is 4.98 Å². The quantitative estimate of drug-likeness (QED) is 0.797. The largest absolute Gasteiger partial charge is 0.372 e. The van der Waals surface area contributed by atoms with E-state index in [2.05, 4.69) is 29.8 Å². The van der Waals surface area contributed by atoms with Gasteiger partial charge in [-0.15, -0.1) is 0 Å². The summed E-state index contributed by atoms with van der Waals surface area (Å²) in [6.07, 6.45) is 2.00. The smallest absolute Gasteiger partial charge is 0.103 e. The van der Waals surface area contributed by atoms with Gasteiger partial charge in [-0.2, -0.15) is 5.26 Å². The van der Waals surface area contributed by atoms with Gasteiger partial charge in [-0.25, -0.2) is 0 Å². The van der Waals surface area contributed by atoms with E-state index < -0.39 is 0 Å². The molecule has 0 bridgehead atoms. The minimum absolute atomic E-state index is 0.164. The van der Waals surface area contributed by atoms with E-state index in [1.807, 2.05) is 24.3 Å². The zero-order chi connectivity index (χ0) is 14.1. The molecule has 1 aliphatic heterocycles. The molecule has 2 atom stereocenters. The van der Waals surface area contributed by atoms with Crippen LogP contribution in [-0.4, -0.2) is 30.3 Å². The molecule has 0 unspecified atom stereocenters. The van der Waals surface area contributed by atoms with Gasteiger partial charge >= 0.3 is 0 Å². The molecule has 0 saturated carbocycles. The van der Waals surface area contributed by atoms with E-state index in [1.54, 1.807) is 6.20 Å². The van der Waals surface area contributed by atoms with Crippen molar-refractivity contribution in [2.45, 2.75) is 26.1 Å². The molecular weight excluding hydrogens is 250 g/mol. The third kappa shape index (κ3) is 2.21. The SMILES string of the molecule is C[C@@H]1CN(c2c(C#N)cnc3ccccc23)C[C@H](C)O1. The summed E-state index contributed by atoms with van der Waals surface area (Å²) < 4.78 is 5.78. The monoisotopic (exact) mass is 267 g/mol. The summed E-state index contributed by atoms with van der Waals surface area (Å²) in [6, 6.07) is 10.2. The van der Waals surface area contributed by atoms with Crippen molar-refractivity contribution < 1.29 is 4.74 Å². The molecule has 4 nitrogen and oxygen atoms in total. The van der Waals surface area contributed by atoms with Gasteiger partial charge < -0.3 is 9.64 Å². The highest BCUT2D eigenvalue weighted by atomic mass is 16.5. The third-order valence-electron chi connectivity index (χ3n) is 3.60. The van der Waals surface area contributed by atoms with E-state index in [9.17, 15) is 5.26 Å². The summed E-state index contributed by atoms with van der Waals surface area (Å²) in [5.74, 6) is 0. The number of rotatable bonds is 1. The highest BCUT2D eigenvalue weighted by Gasteiger charge is 2.25. The lowest BCUT2D eigenvalue weighted by atomic mass is 10.1. The maximum absolute atomic E-state index is 9.39. The van der Waals surface area contributed by atoms with Crippen LogP contribution >= 0.6 is 0 Å². The van der Waals surface area contributed by atoms with Crippen molar-refractivity contribution in [2.75, 3.05) is 18.0 Å². The Bertz CT molecular complexity index is 667. The predicted octanol–water partition coefficient (Wildman–Crippen LogP) is 2.72. The number of aromatic nitrogens is 1. The van der Waals surface area contributed by atoms with Gasteiger partial charge in [0.15, 0.2) is 0 Å². The Labute approximate surface area is 118 Å². The number of benzene rings is 1. The van der Waals surface area contributed by atoms with Crippen molar-refractivity contribution in [3.8, 4) is 6.07 Å². The molecule has 2 aromatic rings. The summed E-state index contributed by atoms with van der Waals surface area (Å²) in [4.78, 5) is 6.62. The van der Waals surface area contributed by atoms with Crippen LogP contribution in [0.25, 0.3) is 10.9 Å². The fourth-order valence-corrected chi connectivity index (χ4v) is 2.91. The second-order valence-electron chi connectivity index (χ2n) is 5.31. The van der Waals surface area contributed by atoms with Crippen molar-refractivity contribution in [3.05, 3.63) is 36.0 Å². The van der Waals surface area contributed by atoms with Crippen LogP contribution in [0.4, 0.5) is 5.69 Å². The number of pyridine rings is 1. The number of fused-ring (bicyclic) bond motifs is 1. The Morgan fingerprint density at radius 2 is 1.95 bits per heavy atom. The van der Waals surface area contributed by atoms with Crippen LogP contribution in [0, 0.1) is 11.3 Å². The Kier molecular flexibility index (Phi) is 3.29. The Morgan fingerprint density at radius 1 is 1.25 bits per heavy atom. The van der Waals surface area contributed by atoms with Crippen LogP contribution in [0.5, 0.6) is 0 Å². The highest BCUT2D eigenvalue weighted by Crippen LogP contribution is 2.31. The Hall–Kier alpha value is -2.12. The van der Waals surface area contributed by atoms with Crippen molar-refractivity contribution >= 4 is 16.6 Å². The average Bonchev–Trinajstić information content (AvgIpc) is 2.45. The number of nitriles is 1. The van der Waals surface area contributed by atoms with E-state index in [1.165, 1.54) is 0 Å². The minimum atomic E-state index is 0.164. The molecule has 0 N–H and O–H groups in total. The first-order valence-corrected chi connectivity index (χ1v) is 6.87. The topological polar surface area (TPSA) is 49.2 Å². The molecule has 1 aliphatic rings. The van der Waals surface area contributed by atoms with Crippen LogP contribution in [0.15, 0.2) is 30.5 Å². The summed E-state index contributed by atoms with van der Waals surface area (Å²) in [5.41, 5.74) is 2.54. The Balaban J connectivity index is 2.16. The molecule has 0 radical (unpaired) electrons. The number of ether oxygens (including phenoxy) is 1. The van der Waals surface area contributed by atoms with E-state index >= 15 is 0 Å². The molecule has 0 spiro atoms. The van der Waals surface area contributed by atoms with E-state index in [4.69, 9.17) is 4.74 Å². The second-order valence-corrected chi connectivity index (χ2v) is 5.31. The molecule has 2 heterocycles. The molecule has 20 heavy (non-hydrogen) atoms. The molecule has 1 fully saturated rings. The van der Waals surface area contributed by atoms with E-state index in [0.29, 0.717) is 5.56 Å². The minimum Gasteiger partial charge on any atom is -0.372 e. The van der Waals surface area contributed by atoms with Gasteiger partial charge in [0.1, 0.15) is 6.07 Å². The third-order valence-corrected chi connectivity index (χ3v) is 3.60. The summed E-state index contributed by atoms with van der Waals surface area (Å²) >= 11 is 0. The number of morpholine rings is 1. The molecule has 0 aliphatic carbocycles. The Morgan fingerprint density at radius 3 is 2.65 bits per heavy atom. The summed E-state index contributed by atoms with van der Waals surface area (Å²) in [5, 5.41) is 10.4. The molecule has 1 aromatic heterocycles. The maximum atomic E-state index is 9.39. The van der Waals surface area contributed by atoms with Crippen LogP contribution in [0.2, 0.25) is 0 Å². The van der Waals surface area contributed by atoms with Gasteiger partial charge in [0.05, 0.1) is 29.0 Å². The number of anilines is 1. The fourth-order valence-electron chi connectivity index (χ4n) is 2.91. The number of nitrogens with zero attached hydrogens (tertiary/aromatic N) is 3.